The predicted octanol–water partition coefficient (Wildman–Crippen LogP) is 2.91. The SMILES string of the molecule is O=C1CC[C@@H]2CN(Cc3ccccc3)CC3C[C@H](C4CC4)N1C32. The van der Waals surface area contributed by atoms with E-state index in [9.17, 15) is 4.79 Å². The molecule has 1 aliphatic carbocycles. The highest BCUT2D eigenvalue weighted by Gasteiger charge is 2.55. The van der Waals surface area contributed by atoms with E-state index in [1.54, 1.807) is 0 Å². The highest BCUT2D eigenvalue weighted by atomic mass is 16.2. The van der Waals surface area contributed by atoms with Crippen LogP contribution in [0, 0.1) is 17.8 Å². The number of carbonyl (C=O) groups is 1. The molecule has 0 radical (unpaired) electrons. The molecule has 0 spiro atoms. The maximum absolute atomic E-state index is 12.5. The van der Waals surface area contributed by atoms with E-state index >= 15 is 0 Å². The Balaban J connectivity index is 1.36. The Bertz CT molecular complexity index is 597. The van der Waals surface area contributed by atoms with Gasteiger partial charge in [-0.3, -0.25) is 9.69 Å². The van der Waals surface area contributed by atoms with Crippen LogP contribution < -0.4 is 0 Å². The molecule has 4 aliphatic rings. The van der Waals surface area contributed by atoms with Crippen molar-refractivity contribution in [2.45, 2.75) is 50.7 Å². The molecule has 3 nitrogen and oxygen atoms in total. The average Bonchev–Trinajstić information content (AvgIpc) is 3.33. The van der Waals surface area contributed by atoms with E-state index in [0.29, 0.717) is 29.8 Å². The predicted molar refractivity (Wildman–Crippen MR) is 89.7 cm³/mol. The number of amides is 1. The summed E-state index contributed by atoms with van der Waals surface area (Å²) in [6.07, 6.45) is 5.87. The van der Waals surface area contributed by atoms with E-state index in [1.807, 2.05) is 0 Å². The van der Waals surface area contributed by atoms with Crippen molar-refractivity contribution in [2.24, 2.45) is 17.8 Å². The summed E-state index contributed by atoms with van der Waals surface area (Å²) in [5.74, 6) is 2.71. The second-order valence-corrected chi connectivity index (χ2v) is 8.17. The highest BCUT2D eigenvalue weighted by Crippen LogP contribution is 2.50. The maximum Gasteiger partial charge on any atom is 0.223 e. The average molecular weight is 310 g/mol. The molecule has 2 unspecified atom stereocenters. The minimum atomic E-state index is 0.460. The molecule has 3 saturated heterocycles. The molecule has 3 heterocycles. The van der Waals surface area contributed by atoms with E-state index in [0.717, 1.165) is 25.3 Å². The van der Waals surface area contributed by atoms with Crippen LogP contribution in [0.3, 0.4) is 0 Å². The molecule has 5 rings (SSSR count). The molecule has 4 fully saturated rings. The molecule has 3 aliphatic heterocycles. The number of likely N-dealkylation sites (tertiary alicyclic amines) is 1. The van der Waals surface area contributed by atoms with E-state index in [2.05, 4.69) is 40.1 Å². The summed E-state index contributed by atoms with van der Waals surface area (Å²) in [5, 5.41) is 0. The molecule has 3 heteroatoms. The van der Waals surface area contributed by atoms with Crippen LogP contribution in [0.15, 0.2) is 30.3 Å². The third-order valence-electron chi connectivity index (χ3n) is 6.61. The molecular weight excluding hydrogens is 284 g/mol. The van der Waals surface area contributed by atoms with Gasteiger partial charge in [0, 0.05) is 38.1 Å². The third kappa shape index (κ3) is 2.40. The monoisotopic (exact) mass is 310 g/mol. The number of hydrogen-bond acceptors (Lipinski definition) is 2. The Labute approximate surface area is 138 Å². The topological polar surface area (TPSA) is 23.6 Å². The second-order valence-electron chi connectivity index (χ2n) is 8.17. The lowest BCUT2D eigenvalue weighted by Gasteiger charge is -2.47. The minimum Gasteiger partial charge on any atom is -0.336 e. The van der Waals surface area contributed by atoms with Crippen LogP contribution in [0.25, 0.3) is 0 Å². The van der Waals surface area contributed by atoms with Gasteiger partial charge in [-0.1, -0.05) is 30.3 Å². The number of piperidine rings is 2. The Morgan fingerprint density at radius 1 is 0.957 bits per heavy atom. The summed E-state index contributed by atoms with van der Waals surface area (Å²) in [6, 6.07) is 12.0. The van der Waals surface area contributed by atoms with Gasteiger partial charge in [0.1, 0.15) is 0 Å². The van der Waals surface area contributed by atoms with Gasteiger partial charge in [-0.05, 0) is 49.0 Å². The minimum absolute atomic E-state index is 0.460. The summed E-state index contributed by atoms with van der Waals surface area (Å²) in [6.45, 7) is 3.43. The molecule has 0 bridgehead atoms. The number of hydrogen-bond donors (Lipinski definition) is 0. The van der Waals surface area contributed by atoms with Gasteiger partial charge in [0.2, 0.25) is 5.91 Å². The van der Waals surface area contributed by atoms with Gasteiger partial charge in [-0.15, -0.1) is 0 Å². The van der Waals surface area contributed by atoms with Crippen molar-refractivity contribution in [3.05, 3.63) is 35.9 Å². The van der Waals surface area contributed by atoms with Crippen molar-refractivity contribution in [2.75, 3.05) is 13.1 Å². The lowest BCUT2D eigenvalue weighted by atomic mass is 9.79. The zero-order valence-corrected chi connectivity index (χ0v) is 13.7. The second kappa shape index (κ2) is 5.34. The number of carbonyl (C=O) groups excluding carboxylic acids is 1. The molecule has 1 aromatic rings. The third-order valence-corrected chi connectivity index (χ3v) is 6.61. The first-order valence-electron chi connectivity index (χ1n) is 9.37. The summed E-state index contributed by atoms with van der Waals surface area (Å²) in [4.78, 5) is 17.6. The van der Waals surface area contributed by atoms with Gasteiger partial charge in [-0.2, -0.15) is 0 Å². The molecule has 4 atom stereocenters. The largest absolute Gasteiger partial charge is 0.336 e. The van der Waals surface area contributed by atoms with E-state index in [4.69, 9.17) is 0 Å². The van der Waals surface area contributed by atoms with Crippen LogP contribution in [0.1, 0.15) is 37.7 Å². The quantitative estimate of drug-likeness (QED) is 0.857. The van der Waals surface area contributed by atoms with Crippen molar-refractivity contribution in [1.82, 2.24) is 9.80 Å². The standard InChI is InChI=1S/C20H26N2O/c23-19-9-8-16-12-21(11-14-4-2-1-3-5-14)13-17-10-18(15-6-7-15)22(19)20(16)17/h1-5,15-18,20H,6-13H2/t16-,17?,18-,20?/m1/s1. The molecule has 1 aromatic carbocycles. The fourth-order valence-electron chi connectivity index (χ4n) is 5.57. The fourth-order valence-corrected chi connectivity index (χ4v) is 5.57. The van der Waals surface area contributed by atoms with Gasteiger partial charge >= 0.3 is 0 Å². The Hall–Kier alpha value is -1.35. The Kier molecular flexibility index (Phi) is 3.26. The number of rotatable bonds is 3. The van der Waals surface area contributed by atoms with E-state index < -0.39 is 0 Å². The van der Waals surface area contributed by atoms with Crippen molar-refractivity contribution >= 4 is 5.91 Å². The summed E-state index contributed by atoms with van der Waals surface area (Å²) in [5.41, 5.74) is 1.42. The fraction of sp³-hybridized carbons (Fsp3) is 0.650. The molecule has 23 heavy (non-hydrogen) atoms. The van der Waals surface area contributed by atoms with Crippen molar-refractivity contribution in [1.29, 1.82) is 0 Å². The van der Waals surface area contributed by atoms with Crippen molar-refractivity contribution in [3.63, 3.8) is 0 Å². The number of benzene rings is 1. The molecular formula is C20H26N2O. The van der Waals surface area contributed by atoms with Crippen molar-refractivity contribution < 1.29 is 4.79 Å². The summed E-state index contributed by atoms with van der Waals surface area (Å²) >= 11 is 0. The van der Waals surface area contributed by atoms with Gasteiger partial charge in [0.15, 0.2) is 0 Å². The molecule has 0 aromatic heterocycles. The first-order chi connectivity index (χ1) is 11.3. The molecule has 0 N–H and O–H groups in total. The molecule has 122 valence electrons. The van der Waals surface area contributed by atoms with Crippen LogP contribution in [0.2, 0.25) is 0 Å². The van der Waals surface area contributed by atoms with Gasteiger partial charge in [-0.25, -0.2) is 0 Å². The zero-order valence-electron chi connectivity index (χ0n) is 13.7. The Morgan fingerprint density at radius 3 is 2.52 bits per heavy atom. The van der Waals surface area contributed by atoms with Crippen molar-refractivity contribution in [3.8, 4) is 0 Å². The van der Waals surface area contributed by atoms with Crippen LogP contribution in [-0.4, -0.2) is 40.9 Å². The molecule has 1 saturated carbocycles. The normalized spacial score (nSPS) is 37.0. The lowest BCUT2D eigenvalue weighted by molar-refractivity contribution is -0.142. The Morgan fingerprint density at radius 2 is 1.74 bits per heavy atom. The molecule has 1 amide bonds. The van der Waals surface area contributed by atoms with Crippen LogP contribution in [-0.2, 0) is 11.3 Å². The first-order valence-corrected chi connectivity index (χ1v) is 9.37. The summed E-state index contributed by atoms with van der Waals surface area (Å²) < 4.78 is 0. The lowest BCUT2D eigenvalue weighted by Crippen LogP contribution is -2.57. The van der Waals surface area contributed by atoms with Crippen LogP contribution in [0.5, 0.6) is 0 Å². The maximum atomic E-state index is 12.5. The van der Waals surface area contributed by atoms with Gasteiger partial charge in [0.05, 0.1) is 0 Å². The summed E-state index contributed by atoms with van der Waals surface area (Å²) in [7, 11) is 0. The van der Waals surface area contributed by atoms with E-state index in [1.165, 1.54) is 37.9 Å². The smallest absolute Gasteiger partial charge is 0.223 e. The highest BCUT2D eigenvalue weighted by molar-refractivity contribution is 5.78. The van der Waals surface area contributed by atoms with Crippen LogP contribution >= 0.6 is 0 Å². The number of nitrogens with zero attached hydrogens (tertiary/aromatic N) is 2. The van der Waals surface area contributed by atoms with E-state index in [-0.39, 0.29) is 0 Å². The van der Waals surface area contributed by atoms with Gasteiger partial charge in [0.25, 0.3) is 0 Å². The first kappa shape index (κ1) is 14.0. The zero-order chi connectivity index (χ0) is 15.4. The van der Waals surface area contributed by atoms with Gasteiger partial charge < -0.3 is 4.90 Å². The van der Waals surface area contributed by atoms with Crippen LogP contribution in [0.4, 0.5) is 0 Å².